The molecule has 7 heteroatoms. The minimum Gasteiger partial charge on any atom is -0.481 e. The van der Waals surface area contributed by atoms with E-state index in [2.05, 4.69) is 46.7 Å². The van der Waals surface area contributed by atoms with Gasteiger partial charge in [0.1, 0.15) is 6.61 Å². The van der Waals surface area contributed by atoms with E-state index in [0.29, 0.717) is 13.0 Å². The van der Waals surface area contributed by atoms with Gasteiger partial charge in [-0.2, -0.15) is 0 Å². The molecule has 176 valence electrons. The van der Waals surface area contributed by atoms with Gasteiger partial charge in [0.2, 0.25) is 0 Å². The fourth-order valence-electron chi connectivity index (χ4n) is 4.94. The molecule has 0 bridgehead atoms. The van der Waals surface area contributed by atoms with Crippen molar-refractivity contribution in [3.05, 3.63) is 59.7 Å². The van der Waals surface area contributed by atoms with Crippen LogP contribution in [0.1, 0.15) is 42.7 Å². The minimum absolute atomic E-state index is 0.0225. The molecule has 34 heavy (non-hydrogen) atoms. The van der Waals surface area contributed by atoms with Crippen molar-refractivity contribution in [1.29, 1.82) is 0 Å². The Morgan fingerprint density at radius 2 is 1.59 bits per heavy atom. The summed E-state index contributed by atoms with van der Waals surface area (Å²) in [4.78, 5) is 35.5. The second-order valence-corrected chi connectivity index (χ2v) is 8.68. The van der Waals surface area contributed by atoms with Crippen LogP contribution in [0.4, 0.5) is 4.79 Å². The molecule has 7 nitrogen and oxygen atoms in total. The second-order valence-electron chi connectivity index (χ2n) is 8.68. The fraction of sp³-hybridized carbons (Fsp3) is 0.370. The van der Waals surface area contributed by atoms with Crippen LogP contribution < -0.4 is 10.6 Å². The summed E-state index contributed by atoms with van der Waals surface area (Å²) in [5.74, 6) is 3.23. The quantitative estimate of drug-likeness (QED) is 0.572. The molecule has 2 aliphatic rings. The summed E-state index contributed by atoms with van der Waals surface area (Å²) < 4.78 is 5.43. The first-order valence-electron chi connectivity index (χ1n) is 11.6. The van der Waals surface area contributed by atoms with E-state index >= 15 is 0 Å². The van der Waals surface area contributed by atoms with Crippen molar-refractivity contribution >= 4 is 18.0 Å². The highest BCUT2D eigenvalue weighted by Gasteiger charge is 2.31. The zero-order valence-corrected chi connectivity index (χ0v) is 18.9. The number of hydrogen-bond acceptors (Lipinski definition) is 4. The maximum Gasteiger partial charge on any atom is 0.407 e. The van der Waals surface area contributed by atoms with Crippen molar-refractivity contribution in [2.45, 2.75) is 31.6 Å². The Morgan fingerprint density at radius 3 is 2.26 bits per heavy atom. The lowest BCUT2D eigenvalue weighted by Gasteiger charge is -2.28. The topological polar surface area (TPSA) is 105 Å². The minimum atomic E-state index is -0.808. The zero-order valence-electron chi connectivity index (χ0n) is 18.9. The maximum absolute atomic E-state index is 12.1. The Kier molecular flexibility index (Phi) is 7.48. The summed E-state index contributed by atoms with van der Waals surface area (Å²) >= 11 is 0. The number of carboxylic acid groups (broad SMARTS) is 1. The number of rotatable bonds is 6. The number of nitrogens with one attached hydrogen (secondary N) is 2. The van der Waals surface area contributed by atoms with E-state index < -0.39 is 23.9 Å². The van der Waals surface area contributed by atoms with Gasteiger partial charge in [-0.15, -0.1) is 0 Å². The third-order valence-corrected chi connectivity index (χ3v) is 6.62. The van der Waals surface area contributed by atoms with Crippen LogP contribution in [0.2, 0.25) is 0 Å². The average molecular weight is 461 g/mol. The van der Waals surface area contributed by atoms with Gasteiger partial charge in [0, 0.05) is 12.5 Å². The maximum atomic E-state index is 12.1. The molecule has 2 atom stereocenters. The molecule has 0 aliphatic heterocycles. The molecule has 2 aromatic carbocycles. The summed E-state index contributed by atoms with van der Waals surface area (Å²) in [6, 6.07) is 16.2. The molecule has 0 heterocycles. The van der Waals surface area contributed by atoms with Crippen molar-refractivity contribution in [1.82, 2.24) is 10.6 Å². The van der Waals surface area contributed by atoms with Crippen molar-refractivity contribution in [3.63, 3.8) is 0 Å². The van der Waals surface area contributed by atoms with Gasteiger partial charge in [-0.05, 0) is 46.9 Å². The number of carboxylic acids is 1. The predicted molar refractivity (Wildman–Crippen MR) is 127 cm³/mol. The van der Waals surface area contributed by atoms with Crippen molar-refractivity contribution < 1.29 is 24.2 Å². The number of benzene rings is 2. The van der Waals surface area contributed by atoms with Crippen molar-refractivity contribution in [2.24, 2.45) is 11.8 Å². The Labute approximate surface area is 198 Å². The largest absolute Gasteiger partial charge is 0.481 e. The first-order chi connectivity index (χ1) is 16.5. The zero-order chi connectivity index (χ0) is 23.9. The molecule has 2 aliphatic carbocycles. The predicted octanol–water partition coefficient (Wildman–Crippen LogP) is 3.54. The molecular weight excluding hydrogens is 432 g/mol. The molecule has 2 unspecified atom stereocenters. The highest BCUT2D eigenvalue weighted by atomic mass is 16.5. The van der Waals surface area contributed by atoms with Gasteiger partial charge in [0.15, 0.2) is 0 Å². The summed E-state index contributed by atoms with van der Waals surface area (Å²) in [5, 5.41) is 14.5. The molecule has 4 rings (SSSR count). The Balaban J connectivity index is 1.21. The standard InChI is InChI=1S/C27H28N2O5/c30-25(29-16-18-8-1-2-9-19(18)26(31)32)14-7-15-28-27(33)34-17-24-22-12-5-3-10-20(22)21-11-4-6-13-23(21)24/h3-6,10-13,18-19,24H,1-2,8-9,15-17H2,(H,28,33)(H,29,30)(H,31,32). The molecule has 0 radical (unpaired) electrons. The van der Waals surface area contributed by atoms with E-state index in [-0.39, 0.29) is 25.0 Å². The monoisotopic (exact) mass is 460 g/mol. The van der Waals surface area contributed by atoms with Crippen LogP contribution in [-0.2, 0) is 14.3 Å². The number of aliphatic carboxylic acids is 1. The lowest BCUT2D eigenvalue weighted by Crippen LogP contribution is -2.36. The molecule has 1 saturated carbocycles. The third-order valence-electron chi connectivity index (χ3n) is 6.62. The highest BCUT2D eigenvalue weighted by Crippen LogP contribution is 2.44. The summed E-state index contributed by atoms with van der Waals surface area (Å²) in [6.07, 6.45) is 2.71. The van der Waals surface area contributed by atoms with Crippen LogP contribution in [0.3, 0.4) is 0 Å². The van der Waals surface area contributed by atoms with E-state index in [9.17, 15) is 19.5 Å². The van der Waals surface area contributed by atoms with E-state index in [4.69, 9.17) is 4.74 Å². The average Bonchev–Trinajstić information content (AvgIpc) is 3.18. The van der Waals surface area contributed by atoms with Crippen LogP contribution in [-0.4, -0.2) is 42.8 Å². The highest BCUT2D eigenvalue weighted by molar-refractivity contribution is 5.93. The van der Waals surface area contributed by atoms with Gasteiger partial charge in [0.05, 0.1) is 12.5 Å². The van der Waals surface area contributed by atoms with Gasteiger partial charge in [-0.25, -0.2) is 4.79 Å². The normalized spacial score (nSPS) is 18.6. The number of amides is 2. The van der Waals surface area contributed by atoms with Crippen LogP contribution >= 0.6 is 0 Å². The van der Waals surface area contributed by atoms with Crippen LogP contribution in [0.15, 0.2) is 48.5 Å². The third kappa shape index (κ3) is 5.40. The molecule has 2 aromatic rings. The number of carbonyl (C=O) groups is 3. The van der Waals surface area contributed by atoms with Crippen molar-refractivity contribution in [2.75, 3.05) is 19.7 Å². The molecule has 3 N–H and O–H groups in total. The Bertz CT molecular complexity index is 1090. The van der Waals surface area contributed by atoms with Crippen LogP contribution in [0.5, 0.6) is 0 Å². The van der Waals surface area contributed by atoms with Gasteiger partial charge in [0.25, 0.3) is 5.91 Å². The number of alkyl carbamates (subject to hydrolysis) is 1. The number of ether oxygens (including phenoxy) is 1. The Morgan fingerprint density at radius 1 is 0.941 bits per heavy atom. The second kappa shape index (κ2) is 10.9. The molecule has 0 aromatic heterocycles. The van der Waals surface area contributed by atoms with E-state index in [1.807, 2.05) is 24.3 Å². The smallest absolute Gasteiger partial charge is 0.407 e. The first-order valence-corrected chi connectivity index (χ1v) is 11.6. The molecule has 2 amide bonds. The summed E-state index contributed by atoms with van der Waals surface area (Å²) in [7, 11) is 0. The summed E-state index contributed by atoms with van der Waals surface area (Å²) in [6.45, 7) is 0.482. The van der Waals surface area contributed by atoms with Crippen molar-refractivity contribution in [3.8, 4) is 23.0 Å². The summed E-state index contributed by atoms with van der Waals surface area (Å²) in [5.41, 5.74) is 4.59. The molecule has 1 fully saturated rings. The number of fused-ring (bicyclic) bond motifs is 3. The van der Waals surface area contributed by atoms with Crippen LogP contribution in [0, 0.1) is 23.7 Å². The van der Waals surface area contributed by atoms with E-state index in [1.165, 1.54) is 0 Å². The van der Waals surface area contributed by atoms with Gasteiger partial charge >= 0.3 is 12.1 Å². The first kappa shape index (κ1) is 23.4. The van der Waals surface area contributed by atoms with E-state index in [1.54, 1.807) is 0 Å². The van der Waals surface area contributed by atoms with Gasteiger partial charge in [-0.1, -0.05) is 67.3 Å². The SMILES string of the molecule is O=C(C#CCNC(=O)OCC1c2ccccc2-c2ccccc21)NCC1CCCCC1C(=O)O. The lowest BCUT2D eigenvalue weighted by molar-refractivity contribution is -0.145. The fourth-order valence-corrected chi connectivity index (χ4v) is 4.94. The van der Waals surface area contributed by atoms with E-state index in [0.717, 1.165) is 41.5 Å². The van der Waals surface area contributed by atoms with Gasteiger partial charge < -0.3 is 20.5 Å². The van der Waals surface area contributed by atoms with Gasteiger partial charge in [-0.3, -0.25) is 9.59 Å². The number of carbonyl (C=O) groups excluding carboxylic acids is 2. The molecule has 0 spiro atoms. The molecular formula is C27H28N2O5. The van der Waals surface area contributed by atoms with Crippen LogP contribution in [0.25, 0.3) is 11.1 Å². The Hall–Kier alpha value is -3.79. The lowest BCUT2D eigenvalue weighted by atomic mass is 9.79. The number of hydrogen-bond donors (Lipinski definition) is 3. The molecule has 0 saturated heterocycles.